The maximum absolute atomic E-state index is 13.0. The summed E-state index contributed by atoms with van der Waals surface area (Å²) in [5, 5.41) is 4.54. The van der Waals surface area contributed by atoms with Gasteiger partial charge in [-0.15, -0.1) is 0 Å². The normalized spacial score (nSPS) is 16.2. The van der Waals surface area contributed by atoms with Crippen LogP contribution in [0, 0.1) is 5.92 Å². The standard InChI is InChI=1S/C25H28N4O/c1-17(2)10-12-28-15-20(14-27-28)22-7-4-11-26-24(22)18-8-9-19-16-29(21-5-3-6-21)25(30)23(19)13-18/h4,7-9,11,13-15,17,21H,3,5-6,10,12,16H2,1-2H3. The minimum absolute atomic E-state index is 0.176. The summed E-state index contributed by atoms with van der Waals surface area (Å²) in [5.41, 5.74) is 5.97. The predicted octanol–water partition coefficient (Wildman–Crippen LogP) is 5.17. The third-order valence-corrected chi connectivity index (χ3v) is 6.42. The number of amides is 1. The van der Waals surface area contributed by atoms with Gasteiger partial charge in [0.1, 0.15) is 0 Å². The summed E-state index contributed by atoms with van der Waals surface area (Å²) in [5.74, 6) is 0.825. The lowest BCUT2D eigenvalue weighted by atomic mass is 9.92. The van der Waals surface area contributed by atoms with E-state index in [1.54, 1.807) is 0 Å². The fourth-order valence-corrected chi connectivity index (χ4v) is 4.35. The van der Waals surface area contributed by atoms with Crippen molar-refractivity contribution >= 4 is 5.91 Å². The molecule has 5 rings (SSSR count). The molecule has 1 aromatic carbocycles. The first-order chi connectivity index (χ1) is 14.6. The van der Waals surface area contributed by atoms with Crippen LogP contribution in [0.25, 0.3) is 22.4 Å². The van der Waals surface area contributed by atoms with E-state index in [0.717, 1.165) is 65.9 Å². The van der Waals surface area contributed by atoms with E-state index in [2.05, 4.69) is 53.2 Å². The fourth-order valence-electron chi connectivity index (χ4n) is 4.35. The monoisotopic (exact) mass is 400 g/mol. The molecule has 30 heavy (non-hydrogen) atoms. The molecule has 0 bridgehead atoms. The summed E-state index contributed by atoms with van der Waals surface area (Å²) in [6.45, 7) is 6.12. The minimum atomic E-state index is 0.176. The number of aromatic nitrogens is 3. The summed E-state index contributed by atoms with van der Waals surface area (Å²) in [6, 6.07) is 10.7. The summed E-state index contributed by atoms with van der Waals surface area (Å²) in [6.07, 6.45) is 10.4. The lowest BCUT2D eigenvalue weighted by Gasteiger charge is -2.34. The second kappa shape index (κ2) is 7.71. The average Bonchev–Trinajstić information content (AvgIpc) is 3.30. The average molecular weight is 401 g/mol. The number of fused-ring (bicyclic) bond motifs is 1. The molecule has 0 N–H and O–H groups in total. The highest BCUT2D eigenvalue weighted by molar-refractivity contribution is 6.00. The van der Waals surface area contributed by atoms with Crippen LogP contribution in [0.2, 0.25) is 0 Å². The second-order valence-electron chi connectivity index (χ2n) is 8.96. The molecule has 0 saturated heterocycles. The van der Waals surface area contributed by atoms with Crippen molar-refractivity contribution in [3.05, 3.63) is 60.0 Å². The summed E-state index contributed by atoms with van der Waals surface area (Å²) < 4.78 is 2.01. The molecule has 1 fully saturated rings. The lowest BCUT2D eigenvalue weighted by molar-refractivity contribution is 0.0606. The Hall–Kier alpha value is -2.95. The molecule has 5 heteroatoms. The molecule has 2 aliphatic rings. The van der Waals surface area contributed by atoms with Gasteiger partial charge in [0, 0.05) is 53.8 Å². The smallest absolute Gasteiger partial charge is 0.254 e. The number of carbonyl (C=O) groups excluding carboxylic acids is 1. The van der Waals surface area contributed by atoms with Gasteiger partial charge in [0.15, 0.2) is 0 Å². The number of hydrogen-bond acceptors (Lipinski definition) is 3. The van der Waals surface area contributed by atoms with E-state index in [4.69, 9.17) is 0 Å². The minimum Gasteiger partial charge on any atom is -0.331 e. The third-order valence-electron chi connectivity index (χ3n) is 6.42. The molecule has 5 nitrogen and oxygen atoms in total. The number of hydrogen-bond donors (Lipinski definition) is 0. The van der Waals surface area contributed by atoms with Gasteiger partial charge in [0.25, 0.3) is 5.91 Å². The van der Waals surface area contributed by atoms with Crippen molar-refractivity contribution in [3.8, 4) is 22.4 Å². The highest BCUT2D eigenvalue weighted by Crippen LogP contribution is 2.36. The Bertz CT molecular complexity index is 1080. The summed E-state index contributed by atoms with van der Waals surface area (Å²) in [7, 11) is 0. The van der Waals surface area contributed by atoms with E-state index in [1.165, 1.54) is 6.42 Å². The number of carbonyl (C=O) groups is 1. The third kappa shape index (κ3) is 3.42. The molecule has 1 aliphatic heterocycles. The Morgan fingerprint density at radius 1 is 1.13 bits per heavy atom. The molecule has 3 aromatic rings. The van der Waals surface area contributed by atoms with Gasteiger partial charge in [0.05, 0.1) is 11.9 Å². The number of aryl methyl sites for hydroxylation is 1. The van der Waals surface area contributed by atoms with Crippen molar-refractivity contribution in [1.29, 1.82) is 0 Å². The molecule has 0 unspecified atom stereocenters. The van der Waals surface area contributed by atoms with Crippen LogP contribution in [0.5, 0.6) is 0 Å². The number of nitrogens with zero attached hydrogens (tertiary/aromatic N) is 4. The van der Waals surface area contributed by atoms with Crippen LogP contribution < -0.4 is 0 Å². The molecule has 2 aromatic heterocycles. The van der Waals surface area contributed by atoms with Crippen LogP contribution in [0.15, 0.2) is 48.9 Å². The first-order valence-corrected chi connectivity index (χ1v) is 11.0. The molecule has 154 valence electrons. The van der Waals surface area contributed by atoms with E-state index in [-0.39, 0.29) is 5.91 Å². The molecule has 0 radical (unpaired) electrons. The van der Waals surface area contributed by atoms with E-state index in [9.17, 15) is 4.79 Å². The second-order valence-corrected chi connectivity index (χ2v) is 8.96. The first kappa shape index (κ1) is 19.0. The van der Waals surface area contributed by atoms with E-state index in [1.807, 2.05) is 29.2 Å². The topological polar surface area (TPSA) is 51.0 Å². The van der Waals surface area contributed by atoms with Crippen molar-refractivity contribution in [2.24, 2.45) is 5.92 Å². The van der Waals surface area contributed by atoms with Gasteiger partial charge >= 0.3 is 0 Å². The highest BCUT2D eigenvalue weighted by atomic mass is 16.2. The Balaban J connectivity index is 1.46. The Labute approximate surface area is 177 Å². The van der Waals surface area contributed by atoms with Gasteiger partial charge in [0.2, 0.25) is 0 Å². The van der Waals surface area contributed by atoms with Crippen molar-refractivity contribution in [2.45, 2.75) is 58.7 Å². The number of rotatable bonds is 6. The van der Waals surface area contributed by atoms with Crippen LogP contribution in [-0.4, -0.2) is 31.6 Å². The van der Waals surface area contributed by atoms with Crippen LogP contribution in [0.4, 0.5) is 0 Å². The first-order valence-electron chi connectivity index (χ1n) is 11.0. The van der Waals surface area contributed by atoms with Crippen molar-refractivity contribution < 1.29 is 4.79 Å². The maximum Gasteiger partial charge on any atom is 0.254 e. The van der Waals surface area contributed by atoms with E-state index in [0.29, 0.717) is 12.0 Å². The van der Waals surface area contributed by atoms with Gasteiger partial charge < -0.3 is 4.90 Å². The fraction of sp³-hybridized carbons (Fsp3) is 0.400. The number of benzene rings is 1. The van der Waals surface area contributed by atoms with Crippen LogP contribution in [0.1, 0.15) is 55.5 Å². The molecule has 0 atom stereocenters. The molecular formula is C25H28N4O. The maximum atomic E-state index is 13.0. The largest absolute Gasteiger partial charge is 0.331 e. The van der Waals surface area contributed by atoms with Crippen molar-refractivity contribution in [2.75, 3.05) is 0 Å². The van der Waals surface area contributed by atoms with Crippen LogP contribution in [0.3, 0.4) is 0 Å². The van der Waals surface area contributed by atoms with E-state index < -0.39 is 0 Å². The zero-order chi connectivity index (χ0) is 20.7. The van der Waals surface area contributed by atoms with Gasteiger partial charge in [-0.25, -0.2) is 0 Å². The predicted molar refractivity (Wildman–Crippen MR) is 118 cm³/mol. The van der Waals surface area contributed by atoms with Crippen molar-refractivity contribution in [1.82, 2.24) is 19.7 Å². The van der Waals surface area contributed by atoms with Crippen LogP contribution in [-0.2, 0) is 13.1 Å². The molecule has 1 amide bonds. The molecular weight excluding hydrogens is 372 g/mol. The van der Waals surface area contributed by atoms with Gasteiger partial charge in [-0.1, -0.05) is 32.0 Å². The zero-order valence-corrected chi connectivity index (χ0v) is 17.7. The summed E-state index contributed by atoms with van der Waals surface area (Å²) in [4.78, 5) is 19.7. The molecule has 0 spiro atoms. The number of pyridine rings is 1. The molecule has 3 heterocycles. The summed E-state index contributed by atoms with van der Waals surface area (Å²) >= 11 is 0. The Morgan fingerprint density at radius 3 is 2.77 bits per heavy atom. The Morgan fingerprint density at radius 2 is 2.00 bits per heavy atom. The SMILES string of the molecule is CC(C)CCn1cc(-c2cccnc2-c2ccc3c(c2)C(=O)N(C2CCC2)C3)cn1. The highest BCUT2D eigenvalue weighted by Gasteiger charge is 2.35. The van der Waals surface area contributed by atoms with Crippen LogP contribution >= 0.6 is 0 Å². The Kier molecular flexibility index (Phi) is 4.89. The quantitative estimate of drug-likeness (QED) is 0.574. The zero-order valence-electron chi connectivity index (χ0n) is 17.7. The van der Waals surface area contributed by atoms with Crippen molar-refractivity contribution in [3.63, 3.8) is 0 Å². The van der Waals surface area contributed by atoms with Gasteiger partial charge in [-0.2, -0.15) is 5.10 Å². The lowest BCUT2D eigenvalue weighted by Crippen LogP contribution is -2.40. The molecule has 1 saturated carbocycles. The molecule has 1 aliphatic carbocycles. The van der Waals surface area contributed by atoms with Gasteiger partial charge in [-0.05, 0) is 49.3 Å². The van der Waals surface area contributed by atoms with E-state index >= 15 is 0 Å². The van der Waals surface area contributed by atoms with Gasteiger partial charge in [-0.3, -0.25) is 14.5 Å².